The van der Waals surface area contributed by atoms with Gasteiger partial charge >= 0.3 is 0 Å². The number of hydrogen-bond acceptors (Lipinski definition) is 7. The molecule has 0 spiro atoms. The van der Waals surface area contributed by atoms with Gasteiger partial charge in [0.25, 0.3) is 0 Å². The molecule has 3 aromatic heterocycles. The molecule has 4 aromatic rings. The summed E-state index contributed by atoms with van der Waals surface area (Å²) in [5, 5.41) is 0. The zero-order valence-corrected chi connectivity index (χ0v) is 18.0. The molecule has 0 unspecified atom stereocenters. The third-order valence-corrected chi connectivity index (χ3v) is 6.44. The van der Waals surface area contributed by atoms with Crippen LogP contribution < -0.4 is 4.74 Å². The highest BCUT2D eigenvalue weighted by Crippen LogP contribution is 2.25. The van der Waals surface area contributed by atoms with Gasteiger partial charge in [-0.3, -0.25) is 4.98 Å². The summed E-state index contributed by atoms with van der Waals surface area (Å²) in [6.45, 7) is 0. The topological polar surface area (TPSA) is 98.4 Å². The molecule has 0 saturated carbocycles. The van der Waals surface area contributed by atoms with Crippen LogP contribution in [0.4, 0.5) is 0 Å². The predicted molar refractivity (Wildman–Crippen MR) is 118 cm³/mol. The van der Waals surface area contributed by atoms with Crippen LogP contribution in [0.5, 0.6) is 5.75 Å². The fraction of sp³-hybridized carbons (Fsp3) is 0.136. The van der Waals surface area contributed by atoms with Gasteiger partial charge in [-0.15, -0.1) is 0 Å². The van der Waals surface area contributed by atoms with E-state index in [4.69, 9.17) is 9.15 Å². The lowest BCUT2D eigenvalue weighted by molar-refractivity contribution is 0.414. The first-order chi connectivity index (χ1) is 14.9. The van der Waals surface area contributed by atoms with E-state index in [1.807, 2.05) is 6.07 Å². The van der Waals surface area contributed by atoms with E-state index in [2.05, 4.69) is 15.0 Å². The van der Waals surface area contributed by atoms with Gasteiger partial charge in [-0.1, -0.05) is 12.1 Å². The second kappa shape index (κ2) is 8.29. The van der Waals surface area contributed by atoms with Gasteiger partial charge in [0.15, 0.2) is 11.2 Å². The van der Waals surface area contributed by atoms with E-state index in [9.17, 15) is 8.42 Å². The molecule has 158 valence electrons. The van der Waals surface area contributed by atoms with E-state index >= 15 is 0 Å². The molecule has 1 aromatic carbocycles. The first-order valence-corrected chi connectivity index (χ1v) is 10.8. The van der Waals surface area contributed by atoms with Gasteiger partial charge in [0.1, 0.15) is 5.75 Å². The number of sulfonamides is 1. The summed E-state index contributed by atoms with van der Waals surface area (Å²) in [5.74, 6) is 1.11. The molecule has 0 aliphatic carbocycles. The Morgan fingerprint density at radius 2 is 1.77 bits per heavy atom. The van der Waals surface area contributed by atoms with Crippen LogP contribution in [0.25, 0.3) is 34.5 Å². The van der Waals surface area contributed by atoms with E-state index < -0.39 is 10.0 Å². The van der Waals surface area contributed by atoms with E-state index in [1.165, 1.54) is 18.4 Å². The second-order valence-electron chi connectivity index (χ2n) is 6.86. The van der Waals surface area contributed by atoms with Crippen molar-refractivity contribution in [2.75, 3.05) is 21.2 Å². The van der Waals surface area contributed by atoms with Crippen molar-refractivity contribution in [2.45, 2.75) is 4.90 Å². The molecule has 3 heterocycles. The Morgan fingerprint density at radius 1 is 1.00 bits per heavy atom. The minimum Gasteiger partial charge on any atom is -0.497 e. The zero-order valence-electron chi connectivity index (χ0n) is 17.2. The Bertz CT molecular complexity index is 1360. The smallest absolute Gasteiger partial charge is 0.242 e. The van der Waals surface area contributed by atoms with Crippen molar-refractivity contribution in [3.8, 4) is 16.9 Å². The number of oxazole rings is 1. The molecule has 0 bridgehead atoms. The van der Waals surface area contributed by atoms with Gasteiger partial charge in [0.05, 0.1) is 17.7 Å². The second-order valence-corrected chi connectivity index (χ2v) is 9.02. The average Bonchev–Trinajstić information content (AvgIpc) is 3.20. The van der Waals surface area contributed by atoms with Gasteiger partial charge < -0.3 is 9.15 Å². The van der Waals surface area contributed by atoms with Crippen molar-refractivity contribution >= 4 is 33.4 Å². The average molecular weight is 436 g/mol. The van der Waals surface area contributed by atoms with Crippen molar-refractivity contribution in [3.05, 3.63) is 66.4 Å². The van der Waals surface area contributed by atoms with E-state index in [1.54, 1.807) is 68.1 Å². The molecular weight excluding hydrogens is 416 g/mol. The maximum Gasteiger partial charge on any atom is 0.242 e. The fourth-order valence-corrected chi connectivity index (χ4v) is 3.80. The number of methoxy groups -OCH3 is 1. The van der Waals surface area contributed by atoms with E-state index in [-0.39, 0.29) is 4.90 Å². The first-order valence-electron chi connectivity index (χ1n) is 9.34. The van der Waals surface area contributed by atoms with Crippen LogP contribution in [0, 0.1) is 0 Å². The summed E-state index contributed by atoms with van der Waals surface area (Å²) >= 11 is 0. The summed E-state index contributed by atoms with van der Waals surface area (Å²) in [6, 6.07) is 12.0. The zero-order chi connectivity index (χ0) is 22.0. The van der Waals surface area contributed by atoms with Crippen molar-refractivity contribution in [1.82, 2.24) is 19.3 Å². The number of pyridine rings is 2. The molecule has 0 aliphatic rings. The van der Waals surface area contributed by atoms with Gasteiger partial charge in [0.2, 0.25) is 15.9 Å². The monoisotopic (exact) mass is 436 g/mol. The van der Waals surface area contributed by atoms with Crippen LogP contribution in [0.2, 0.25) is 0 Å². The van der Waals surface area contributed by atoms with Crippen LogP contribution in [-0.4, -0.2) is 48.9 Å². The van der Waals surface area contributed by atoms with E-state index in [0.29, 0.717) is 28.6 Å². The molecule has 4 rings (SSSR count). The number of nitrogens with zero attached hydrogens (tertiary/aromatic N) is 4. The highest BCUT2D eigenvalue weighted by Gasteiger charge is 2.17. The maximum absolute atomic E-state index is 12.2. The standard InChI is InChI=1S/C22H20N4O4S/c1-26(2)31(27,28)19-7-4-15(5-8-19)16-12-20-22(24-14-16)25-21(30-20)9-6-17-13-18(29-3)10-11-23-17/h4-14H,1-3H3/b9-6+. The molecule has 0 aliphatic heterocycles. The molecule has 0 saturated heterocycles. The van der Waals surface area contributed by atoms with Crippen molar-refractivity contribution in [2.24, 2.45) is 0 Å². The lowest BCUT2D eigenvalue weighted by Crippen LogP contribution is -2.22. The summed E-state index contributed by atoms with van der Waals surface area (Å²) in [7, 11) is 1.13. The number of ether oxygens (including phenoxy) is 1. The summed E-state index contributed by atoms with van der Waals surface area (Å²) in [5.41, 5.74) is 3.33. The number of benzene rings is 1. The van der Waals surface area contributed by atoms with Crippen molar-refractivity contribution in [1.29, 1.82) is 0 Å². The molecule has 8 nitrogen and oxygen atoms in total. The summed E-state index contributed by atoms with van der Waals surface area (Å²) in [6.07, 6.45) is 6.83. The number of fused-ring (bicyclic) bond motifs is 1. The normalized spacial score (nSPS) is 12.1. The van der Waals surface area contributed by atoms with Crippen LogP contribution >= 0.6 is 0 Å². The van der Waals surface area contributed by atoms with Gasteiger partial charge in [-0.25, -0.2) is 17.7 Å². The summed E-state index contributed by atoms with van der Waals surface area (Å²) in [4.78, 5) is 13.2. The van der Waals surface area contributed by atoms with Crippen LogP contribution in [0.3, 0.4) is 0 Å². The number of rotatable bonds is 6. The largest absolute Gasteiger partial charge is 0.497 e. The Labute approximate surface area is 179 Å². The molecule has 0 amide bonds. The third-order valence-electron chi connectivity index (χ3n) is 4.61. The Morgan fingerprint density at radius 3 is 2.48 bits per heavy atom. The van der Waals surface area contributed by atoms with Crippen molar-refractivity contribution in [3.63, 3.8) is 0 Å². The number of aromatic nitrogens is 3. The SMILES string of the molecule is COc1ccnc(/C=C/c2nc3ncc(-c4ccc(S(=O)(=O)N(C)C)cc4)cc3o2)c1. The maximum atomic E-state index is 12.2. The molecule has 31 heavy (non-hydrogen) atoms. The fourth-order valence-electron chi connectivity index (χ4n) is 2.90. The quantitative estimate of drug-likeness (QED) is 0.454. The highest BCUT2D eigenvalue weighted by molar-refractivity contribution is 7.89. The van der Waals surface area contributed by atoms with Gasteiger partial charge in [-0.2, -0.15) is 4.98 Å². The van der Waals surface area contributed by atoms with Crippen LogP contribution in [0.1, 0.15) is 11.6 Å². The highest BCUT2D eigenvalue weighted by atomic mass is 32.2. The molecule has 0 atom stereocenters. The lowest BCUT2D eigenvalue weighted by Gasteiger charge is -2.11. The molecule has 9 heteroatoms. The predicted octanol–water partition coefficient (Wildman–Crippen LogP) is 3.71. The molecule has 0 radical (unpaired) electrons. The molecule has 0 fully saturated rings. The minimum absolute atomic E-state index is 0.230. The van der Waals surface area contributed by atoms with Crippen LogP contribution in [-0.2, 0) is 10.0 Å². The summed E-state index contributed by atoms with van der Waals surface area (Å²) < 4.78 is 36.6. The molecular formula is C22H20N4O4S. The first kappa shape index (κ1) is 20.7. The Kier molecular flexibility index (Phi) is 5.53. The minimum atomic E-state index is -3.47. The Hall–Kier alpha value is -3.56. The third kappa shape index (κ3) is 4.32. The van der Waals surface area contributed by atoms with Crippen LogP contribution in [0.15, 0.2) is 64.2 Å². The van der Waals surface area contributed by atoms with Gasteiger partial charge in [0, 0.05) is 44.2 Å². The lowest BCUT2D eigenvalue weighted by atomic mass is 10.1. The molecule has 0 N–H and O–H groups in total. The number of hydrogen-bond donors (Lipinski definition) is 0. The van der Waals surface area contributed by atoms with Gasteiger partial charge in [-0.05, 0) is 35.9 Å². The van der Waals surface area contributed by atoms with Crippen molar-refractivity contribution < 1.29 is 17.6 Å². The van der Waals surface area contributed by atoms with E-state index in [0.717, 1.165) is 11.1 Å². The Balaban J connectivity index is 1.60.